The summed E-state index contributed by atoms with van der Waals surface area (Å²) in [4.78, 5) is 27.7. The minimum absolute atomic E-state index is 0.0310. The summed E-state index contributed by atoms with van der Waals surface area (Å²) in [5.41, 5.74) is 1.72. The number of likely N-dealkylation sites (tertiary alicyclic amines) is 1. The average molecular weight is 409 g/mol. The summed E-state index contributed by atoms with van der Waals surface area (Å²) in [5.74, 6) is 0.335. The Morgan fingerprint density at radius 2 is 1.90 bits per heavy atom. The molecule has 0 bridgehead atoms. The molecule has 1 aliphatic heterocycles. The molecule has 0 radical (unpaired) electrons. The van der Waals surface area contributed by atoms with Gasteiger partial charge < -0.3 is 14.1 Å². The van der Waals surface area contributed by atoms with E-state index in [4.69, 9.17) is 9.15 Å². The van der Waals surface area contributed by atoms with Gasteiger partial charge >= 0.3 is 0 Å². The number of fused-ring (bicyclic) bond motifs is 1. The summed E-state index contributed by atoms with van der Waals surface area (Å²) in [6, 6.07) is 11.0. The molecule has 1 fully saturated rings. The number of hydrogen-bond acceptors (Lipinski definition) is 5. The highest BCUT2D eigenvalue weighted by molar-refractivity contribution is 5.97. The molecule has 156 valence electrons. The van der Waals surface area contributed by atoms with E-state index in [9.17, 15) is 14.0 Å². The minimum Gasteiger partial charge on any atom is -0.497 e. The lowest BCUT2D eigenvalue weighted by atomic mass is 9.89. The van der Waals surface area contributed by atoms with Gasteiger partial charge in [-0.2, -0.15) is 0 Å². The van der Waals surface area contributed by atoms with Gasteiger partial charge in [-0.25, -0.2) is 4.39 Å². The zero-order valence-corrected chi connectivity index (χ0v) is 16.9. The van der Waals surface area contributed by atoms with Gasteiger partial charge in [-0.15, -0.1) is 0 Å². The van der Waals surface area contributed by atoms with Crippen LogP contribution in [0.25, 0.3) is 11.0 Å². The molecule has 6 heteroatoms. The molecule has 0 amide bonds. The molecule has 5 nitrogen and oxygen atoms in total. The van der Waals surface area contributed by atoms with Gasteiger partial charge in [0, 0.05) is 23.6 Å². The molecule has 0 unspecified atom stereocenters. The van der Waals surface area contributed by atoms with Gasteiger partial charge in [-0.3, -0.25) is 9.59 Å². The van der Waals surface area contributed by atoms with Gasteiger partial charge in [0.1, 0.15) is 17.1 Å². The molecule has 3 aromatic rings. The van der Waals surface area contributed by atoms with Gasteiger partial charge in [0.25, 0.3) is 0 Å². The fourth-order valence-corrected chi connectivity index (χ4v) is 4.00. The third kappa shape index (κ3) is 4.28. The Morgan fingerprint density at radius 3 is 2.60 bits per heavy atom. The summed E-state index contributed by atoms with van der Waals surface area (Å²) in [7, 11) is 1.57. The Bertz CT molecular complexity index is 1100. The number of methoxy groups -OCH3 is 1. The quantitative estimate of drug-likeness (QED) is 0.574. The lowest BCUT2D eigenvalue weighted by Crippen LogP contribution is -2.37. The maximum absolute atomic E-state index is 13.1. The van der Waals surface area contributed by atoms with E-state index in [0.717, 1.165) is 32.5 Å². The van der Waals surface area contributed by atoms with Crippen molar-refractivity contribution < 1.29 is 18.3 Å². The van der Waals surface area contributed by atoms with Crippen LogP contribution < -0.4 is 10.2 Å². The SMILES string of the molecule is COc1ccc2occ(CCN3CCC(C(=O)c4ccc(F)cc4)CC3)c(=O)c2c1. The van der Waals surface area contributed by atoms with E-state index < -0.39 is 0 Å². The van der Waals surface area contributed by atoms with Crippen LogP contribution in [0.1, 0.15) is 28.8 Å². The number of ketones is 1. The van der Waals surface area contributed by atoms with Crippen molar-refractivity contribution >= 4 is 16.8 Å². The molecular formula is C24H24FNO4. The van der Waals surface area contributed by atoms with E-state index in [1.165, 1.54) is 12.1 Å². The highest BCUT2D eigenvalue weighted by Crippen LogP contribution is 2.23. The number of ether oxygens (including phenoxy) is 1. The van der Waals surface area contributed by atoms with Gasteiger partial charge in [-0.05, 0) is 74.8 Å². The van der Waals surface area contributed by atoms with Crippen LogP contribution in [0.5, 0.6) is 5.75 Å². The topological polar surface area (TPSA) is 59.8 Å². The molecule has 0 spiro atoms. The van der Waals surface area contributed by atoms with Crippen molar-refractivity contribution in [1.29, 1.82) is 0 Å². The Labute approximate surface area is 174 Å². The van der Waals surface area contributed by atoms with E-state index in [1.54, 1.807) is 43.7 Å². The molecule has 1 aromatic heterocycles. The third-order valence-electron chi connectivity index (χ3n) is 5.84. The average Bonchev–Trinajstić information content (AvgIpc) is 2.79. The molecule has 0 N–H and O–H groups in total. The van der Waals surface area contributed by atoms with Crippen molar-refractivity contribution in [3.05, 3.63) is 75.9 Å². The first-order chi connectivity index (χ1) is 14.5. The summed E-state index contributed by atoms with van der Waals surface area (Å²) >= 11 is 0. The Balaban J connectivity index is 1.35. The third-order valence-corrected chi connectivity index (χ3v) is 5.84. The lowest BCUT2D eigenvalue weighted by Gasteiger charge is -2.31. The van der Waals surface area contributed by atoms with Gasteiger partial charge in [-0.1, -0.05) is 0 Å². The molecular weight excluding hydrogens is 385 g/mol. The van der Waals surface area contributed by atoms with Gasteiger partial charge in [0.15, 0.2) is 11.2 Å². The predicted octanol–water partition coefficient (Wildman–Crippen LogP) is 4.08. The molecule has 0 saturated carbocycles. The van der Waals surface area contributed by atoms with Gasteiger partial charge in [0.05, 0.1) is 18.8 Å². The Hall–Kier alpha value is -2.99. The van der Waals surface area contributed by atoms with E-state index >= 15 is 0 Å². The summed E-state index contributed by atoms with van der Waals surface area (Å²) in [6.07, 6.45) is 3.66. The molecule has 2 aromatic carbocycles. The second kappa shape index (κ2) is 8.79. The Kier molecular flexibility index (Phi) is 5.95. The summed E-state index contributed by atoms with van der Waals surface area (Å²) < 4.78 is 23.9. The van der Waals surface area contributed by atoms with Crippen LogP contribution in [0, 0.1) is 11.7 Å². The number of benzene rings is 2. The zero-order chi connectivity index (χ0) is 21.1. The molecule has 4 rings (SSSR count). The number of nitrogens with zero attached hydrogens (tertiary/aromatic N) is 1. The van der Waals surface area contributed by atoms with Crippen LogP contribution in [0.2, 0.25) is 0 Å². The van der Waals surface area contributed by atoms with Crippen molar-refractivity contribution in [3.8, 4) is 5.75 Å². The van der Waals surface area contributed by atoms with Crippen molar-refractivity contribution in [2.45, 2.75) is 19.3 Å². The predicted molar refractivity (Wildman–Crippen MR) is 113 cm³/mol. The van der Waals surface area contributed by atoms with Crippen molar-refractivity contribution in [2.75, 3.05) is 26.7 Å². The molecule has 1 aliphatic rings. The zero-order valence-electron chi connectivity index (χ0n) is 16.9. The summed E-state index contributed by atoms with van der Waals surface area (Å²) in [5, 5.41) is 0.524. The molecule has 2 heterocycles. The van der Waals surface area contributed by atoms with E-state index in [-0.39, 0.29) is 22.9 Å². The number of hydrogen-bond donors (Lipinski definition) is 0. The molecule has 0 aliphatic carbocycles. The van der Waals surface area contributed by atoms with Crippen molar-refractivity contribution in [1.82, 2.24) is 4.90 Å². The monoisotopic (exact) mass is 409 g/mol. The highest BCUT2D eigenvalue weighted by Gasteiger charge is 2.25. The smallest absolute Gasteiger partial charge is 0.196 e. The molecule has 30 heavy (non-hydrogen) atoms. The Morgan fingerprint density at radius 1 is 1.17 bits per heavy atom. The van der Waals surface area contributed by atoms with Crippen LogP contribution >= 0.6 is 0 Å². The second-order valence-corrected chi connectivity index (χ2v) is 7.69. The first kappa shape index (κ1) is 20.3. The fraction of sp³-hybridized carbons (Fsp3) is 0.333. The summed E-state index contributed by atoms with van der Waals surface area (Å²) in [6.45, 7) is 2.33. The normalized spacial score (nSPS) is 15.4. The largest absolute Gasteiger partial charge is 0.497 e. The van der Waals surface area contributed by atoms with Gasteiger partial charge in [0.2, 0.25) is 0 Å². The maximum Gasteiger partial charge on any atom is 0.196 e. The molecule has 1 saturated heterocycles. The number of carbonyl (C=O) groups excluding carboxylic acids is 1. The first-order valence-corrected chi connectivity index (χ1v) is 10.2. The number of Topliss-reactive ketones (excluding diaryl/α,β-unsaturated/α-hetero) is 1. The van der Waals surface area contributed by atoms with Crippen LogP contribution in [0.3, 0.4) is 0 Å². The van der Waals surface area contributed by atoms with E-state index in [2.05, 4.69) is 4.90 Å². The first-order valence-electron chi connectivity index (χ1n) is 10.2. The number of rotatable bonds is 6. The maximum atomic E-state index is 13.1. The second-order valence-electron chi connectivity index (χ2n) is 7.69. The fourth-order valence-electron chi connectivity index (χ4n) is 4.00. The minimum atomic E-state index is -0.335. The van der Waals surface area contributed by atoms with E-state index in [0.29, 0.717) is 34.3 Å². The van der Waals surface area contributed by atoms with Crippen LogP contribution in [-0.4, -0.2) is 37.4 Å². The van der Waals surface area contributed by atoms with Crippen LogP contribution in [0.4, 0.5) is 4.39 Å². The number of halogens is 1. The van der Waals surface area contributed by atoms with Crippen molar-refractivity contribution in [3.63, 3.8) is 0 Å². The molecule has 0 atom stereocenters. The highest BCUT2D eigenvalue weighted by atomic mass is 19.1. The van der Waals surface area contributed by atoms with Crippen LogP contribution in [0.15, 0.2) is 57.9 Å². The van der Waals surface area contributed by atoms with Crippen molar-refractivity contribution in [2.24, 2.45) is 5.92 Å². The van der Waals surface area contributed by atoms with E-state index in [1.807, 2.05) is 0 Å². The standard InChI is InChI=1S/C24H24FNO4/c1-29-20-6-7-22-21(14-20)24(28)18(15-30-22)10-13-26-11-8-17(9-12-26)23(27)16-2-4-19(25)5-3-16/h2-7,14-15,17H,8-13H2,1H3. The number of carbonyl (C=O) groups is 1. The number of piperidine rings is 1. The van der Waals surface area contributed by atoms with Crippen LogP contribution in [-0.2, 0) is 6.42 Å². The lowest BCUT2D eigenvalue weighted by molar-refractivity contribution is 0.0841.